The molecule has 126 valence electrons. The molecule has 0 radical (unpaired) electrons. The van der Waals surface area contributed by atoms with Gasteiger partial charge in [-0.05, 0) is 25.0 Å². The van der Waals surface area contributed by atoms with Gasteiger partial charge in [-0.15, -0.1) is 5.10 Å². The Bertz CT molecular complexity index is 790. The van der Waals surface area contributed by atoms with Crippen molar-refractivity contribution >= 4 is 11.8 Å². The number of rotatable bonds is 4. The van der Waals surface area contributed by atoms with Gasteiger partial charge < -0.3 is 10.6 Å². The number of carbonyl (C=O) groups is 2. The quantitative estimate of drug-likeness (QED) is 0.784. The molecule has 2 amide bonds. The van der Waals surface area contributed by atoms with Crippen molar-refractivity contribution in [2.75, 3.05) is 13.1 Å². The summed E-state index contributed by atoms with van der Waals surface area (Å²) >= 11 is 0. The minimum atomic E-state index is -0.355. The third kappa shape index (κ3) is 3.34. The summed E-state index contributed by atoms with van der Waals surface area (Å²) in [6, 6.07) is 4.65. The fourth-order valence-electron chi connectivity index (χ4n) is 2.72. The number of nitrogens with two attached hydrogens (primary N) is 1. The average Bonchev–Trinajstić information content (AvgIpc) is 3.11. The van der Waals surface area contributed by atoms with Gasteiger partial charge in [0.2, 0.25) is 11.8 Å². The van der Waals surface area contributed by atoms with Gasteiger partial charge in [0, 0.05) is 37.5 Å². The van der Waals surface area contributed by atoms with Gasteiger partial charge in [-0.1, -0.05) is 0 Å². The number of hydrogen-bond donors (Lipinski definition) is 1. The van der Waals surface area contributed by atoms with Crippen LogP contribution in [0.2, 0.25) is 0 Å². The highest BCUT2D eigenvalue weighted by molar-refractivity contribution is 5.78. The first-order chi connectivity index (χ1) is 11.5. The fourth-order valence-corrected chi connectivity index (χ4v) is 2.72. The molecule has 1 aliphatic heterocycles. The fraction of sp³-hybridized carbons (Fsp3) is 0.400. The highest BCUT2D eigenvalue weighted by Gasteiger charge is 2.26. The van der Waals surface area contributed by atoms with Crippen molar-refractivity contribution in [2.45, 2.75) is 19.4 Å². The molecule has 2 N–H and O–H groups in total. The summed E-state index contributed by atoms with van der Waals surface area (Å²) in [7, 11) is 0. The molecule has 0 bridgehead atoms. The summed E-state index contributed by atoms with van der Waals surface area (Å²) in [5, 5.41) is 8.23. The third-order valence-corrected chi connectivity index (χ3v) is 4.13. The molecule has 2 aromatic rings. The molecular weight excluding hydrogens is 312 g/mol. The molecule has 0 unspecified atom stereocenters. The lowest BCUT2D eigenvalue weighted by Gasteiger charge is -2.30. The summed E-state index contributed by atoms with van der Waals surface area (Å²) < 4.78 is 2.64. The highest BCUT2D eigenvalue weighted by atomic mass is 16.2. The normalized spacial score (nSPS) is 15.4. The standard InChI is InChI=1S/C15H18N6O3/c16-15(24)11-4-8-19(9-5-11)14(23)10-21-13(22)3-2-12(18-21)20-7-1-6-17-20/h1-3,6-7,11H,4-5,8-10H2,(H2,16,24). The van der Waals surface area contributed by atoms with Crippen LogP contribution in [-0.2, 0) is 16.1 Å². The lowest BCUT2D eigenvalue weighted by atomic mass is 9.96. The number of carbonyl (C=O) groups excluding carboxylic acids is 2. The number of likely N-dealkylation sites (tertiary alicyclic amines) is 1. The second-order valence-corrected chi connectivity index (χ2v) is 5.70. The van der Waals surface area contributed by atoms with Gasteiger partial charge in [0.1, 0.15) is 6.54 Å². The highest BCUT2D eigenvalue weighted by Crippen LogP contribution is 2.16. The Hall–Kier alpha value is -2.97. The molecule has 1 aliphatic rings. The molecular formula is C15H18N6O3. The van der Waals surface area contributed by atoms with E-state index in [1.54, 1.807) is 29.4 Å². The number of primary amides is 1. The minimum Gasteiger partial charge on any atom is -0.369 e. The van der Waals surface area contributed by atoms with Gasteiger partial charge in [0.15, 0.2) is 5.82 Å². The lowest BCUT2D eigenvalue weighted by molar-refractivity contribution is -0.135. The zero-order valence-corrected chi connectivity index (χ0v) is 13.0. The molecule has 0 atom stereocenters. The number of nitrogens with zero attached hydrogens (tertiary/aromatic N) is 5. The van der Waals surface area contributed by atoms with E-state index in [9.17, 15) is 14.4 Å². The maximum atomic E-state index is 12.4. The van der Waals surface area contributed by atoms with Crippen LogP contribution in [0.5, 0.6) is 0 Å². The second-order valence-electron chi connectivity index (χ2n) is 5.70. The summed E-state index contributed by atoms with van der Waals surface area (Å²) in [6.45, 7) is 0.773. The maximum Gasteiger partial charge on any atom is 0.267 e. The first kappa shape index (κ1) is 15.9. The Morgan fingerprint density at radius 1 is 1.25 bits per heavy atom. The molecule has 0 aromatic carbocycles. The molecule has 3 rings (SSSR count). The zero-order chi connectivity index (χ0) is 17.1. The first-order valence-corrected chi connectivity index (χ1v) is 7.70. The topological polar surface area (TPSA) is 116 Å². The third-order valence-electron chi connectivity index (χ3n) is 4.13. The van der Waals surface area contributed by atoms with E-state index < -0.39 is 0 Å². The largest absolute Gasteiger partial charge is 0.369 e. The van der Waals surface area contributed by atoms with Crippen LogP contribution in [0.3, 0.4) is 0 Å². The van der Waals surface area contributed by atoms with E-state index in [4.69, 9.17) is 5.73 Å². The summed E-state index contributed by atoms with van der Waals surface area (Å²) in [5.74, 6) is -0.255. The van der Waals surface area contributed by atoms with E-state index in [1.807, 2.05) is 0 Å². The lowest BCUT2D eigenvalue weighted by Crippen LogP contribution is -2.44. The predicted molar refractivity (Wildman–Crippen MR) is 84.1 cm³/mol. The monoisotopic (exact) mass is 330 g/mol. The first-order valence-electron chi connectivity index (χ1n) is 7.70. The van der Waals surface area contributed by atoms with Gasteiger partial charge in [-0.3, -0.25) is 14.4 Å². The molecule has 0 aliphatic carbocycles. The summed E-state index contributed by atoms with van der Waals surface area (Å²) in [6.07, 6.45) is 4.41. The van der Waals surface area contributed by atoms with Crippen LogP contribution in [0, 0.1) is 5.92 Å². The van der Waals surface area contributed by atoms with Crippen molar-refractivity contribution in [3.8, 4) is 5.82 Å². The van der Waals surface area contributed by atoms with Crippen molar-refractivity contribution < 1.29 is 9.59 Å². The number of amides is 2. The summed E-state index contributed by atoms with van der Waals surface area (Å²) in [4.78, 5) is 37.1. The maximum absolute atomic E-state index is 12.4. The van der Waals surface area contributed by atoms with Crippen LogP contribution in [0.4, 0.5) is 0 Å². The van der Waals surface area contributed by atoms with Gasteiger partial charge in [0.05, 0.1) is 0 Å². The molecule has 0 spiro atoms. The van der Waals surface area contributed by atoms with E-state index in [0.29, 0.717) is 31.7 Å². The molecule has 24 heavy (non-hydrogen) atoms. The minimum absolute atomic E-state index is 0.144. The molecule has 9 heteroatoms. The van der Waals surface area contributed by atoms with Crippen LogP contribution in [0.25, 0.3) is 5.82 Å². The van der Waals surface area contributed by atoms with Crippen LogP contribution >= 0.6 is 0 Å². The van der Waals surface area contributed by atoms with Crippen molar-refractivity contribution in [2.24, 2.45) is 11.7 Å². The molecule has 9 nitrogen and oxygen atoms in total. The van der Waals surface area contributed by atoms with E-state index in [-0.39, 0.29) is 29.8 Å². The van der Waals surface area contributed by atoms with Crippen LogP contribution < -0.4 is 11.3 Å². The Kier molecular flexibility index (Phi) is 4.41. The van der Waals surface area contributed by atoms with E-state index in [2.05, 4.69) is 10.2 Å². The van der Waals surface area contributed by atoms with Crippen molar-refractivity contribution in [1.29, 1.82) is 0 Å². The van der Waals surface area contributed by atoms with Crippen LogP contribution in [-0.4, -0.2) is 49.4 Å². The van der Waals surface area contributed by atoms with Gasteiger partial charge in [-0.2, -0.15) is 5.10 Å². The Balaban J connectivity index is 1.70. The smallest absolute Gasteiger partial charge is 0.267 e. The Labute approximate surface area is 137 Å². The Morgan fingerprint density at radius 3 is 2.62 bits per heavy atom. The average molecular weight is 330 g/mol. The van der Waals surface area contributed by atoms with E-state index >= 15 is 0 Å². The van der Waals surface area contributed by atoms with Gasteiger partial charge >= 0.3 is 0 Å². The number of aromatic nitrogens is 4. The van der Waals surface area contributed by atoms with Crippen molar-refractivity contribution in [3.05, 3.63) is 40.9 Å². The van der Waals surface area contributed by atoms with Crippen molar-refractivity contribution in [1.82, 2.24) is 24.5 Å². The Morgan fingerprint density at radius 2 is 2.00 bits per heavy atom. The van der Waals surface area contributed by atoms with Gasteiger partial charge in [-0.25, -0.2) is 9.36 Å². The van der Waals surface area contributed by atoms with Crippen LogP contribution in [0.15, 0.2) is 35.4 Å². The molecule has 2 aromatic heterocycles. The van der Waals surface area contributed by atoms with E-state index in [1.165, 1.54) is 10.7 Å². The molecule has 1 saturated heterocycles. The number of hydrogen-bond acceptors (Lipinski definition) is 5. The van der Waals surface area contributed by atoms with Gasteiger partial charge in [0.25, 0.3) is 5.56 Å². The number of piperidine rings is 1. The SMILES string of the molecule is NC(=O)C1CCN(C(=O)Cn2nc(-n3cccn3)ccc2=O)CC1. The van der Waals surface area contributed by atoms with E-state index in [0.717, 1.165) is 4.68 Å². The second kappa shape index (κ2) is 6.65. The molecule has 0 saturated carbocycles. The summed E-state index contributed by atoms with van der Waals surface area (Å²) in [5.41, 5.74) is 4.93. The molecule has 1 fully saturated rings. The molecule has 3 heterocycles. The van der Waals surface area contributed by atoms with Crippen molar-refractivity contribution in [3.63, 3.8) is 0 Å². The van der Waals surface area contributed by atoms with Crippen LogP contribution in [0.1, 0.15) is 12.8 Å². The zero-order valence-electron chi connectivity index (χ0n) is 13.0. The predicted octanol–water partition coefficient (Wildman–Crippen LogP) is -0.847.